The van der Waals surface area contributed by atoms with Crippen LogP contribution in [0.3, 0.4) is 0 Å². The molecule has 6 N–H and O–H groups in total. The molecule has 3 rings (SSSR count). The number of hydrogen-bond donors (Lipinski definition) is 5. The van der Waals surface area contributed by atoms with Crippen molar-refractivity contribution in [3.05, 3.63) is 0 Å². The number of rotatable bonds is 3. The molecule has 2 unspecified atom stereocenters. The van der Waals surface area contributed by atoms with Crippen molar-refractivity contribution in [1.29, 1.82) is 0 Å². The molecule has 11 heteroatoms. The molecule has 0 aromatic rings. The Morgan fingerprint density at radius 2 is 2.17 bits per heavy atom. The van der Waals surface area contributed by atoms with Crippen LogP contribution in [0.15, 0.2) is 9.98 Å². The fourth-order valence-corrected chi connectivity index (χ4v) is 3.14. The molecule has 0 aliphatic carbocycles. The average Bonchev–Trinajstić information content (AvgIpc) is 2.99. The van der Waals surface area contributed by atoms with Gasteiger partial charge in [-0.1, -0.05) is 0 Å². The lowest BCUT2D eigenvalue weighted by Gasteiger charge is -2.42. The van der Waals surface area contributed by atoms with Gasteiger partial charge in [0.2, 0.25) is 0 Å². The molecular weight excluding hydrogens is 322 g/mol. The lowest BCUT2D eigenvalue weighted by atomic mass is 10.0. The molecule has 24 heavy (non-hydrogen) atoms. The van der Waals surface area contributed by atoms with E-state index in [0.29, 0.717) is 0 Å². The lowest BCUT2D eigenvalue weighted by molar-refractivity contribution is -0.143. The summed E-state index contributed by atoms with van der Waals surface area (Å²) in [5.74, 6) is -2.00. The monoisotopic (exact) mass is 343 g/mol. The normalized spacial score (nSPS) is 47.6. The Morgan fingerprint density at radius 1 is 1.50 bits per heavy atom. The Balaban J connectivity index is 2.06. The van der Waals surface area contributed by atoms with Crippen LogP contribution >= 0.6 is 0 Å². The molecule has 6 atom stereocenters. The van der Waals surface area contributed by atoms with Gasteiger partial charge in [0.15, 0.2) is 17.3 Å². The van der Waals surface area contributed by atoms with Crippen LogP contribution in [0.4, 0.5) is 0 Å². The summed E-state index contributed by atoms with van der Waals surface area (Å²) in [6.07, 6.45) is -2.49. The van der Waals surface area contributed by atoms with E-state index in [4.69, 9.17) is 15.2 Å². The number of amidine groups is 1. The van der Waals surface area contributed by atoms with Gasteiger partial charge in [-0.15, -0.1) is 0 Å². The molecule has 3 aliphatic rings. The minimum atomic E-state index is -1.76. The van der Waals surface area contributed by atoms with Crippen molar-refractivity contribution in [2.75, 3.05) is 13.7 Å². The van der Waals surface area contributed by atoms with Gasteiger partial charge < -0.3 is 30.1 Å². The standard InChI is InChI=1S/C13H21N5O6/c1-11(8(21)7(20)6(4-19)24-11)18-5-15-13(23-3)9(18)16-12(2,14)17-10(13)22/h5-8,19-21H,4,14H2,1-3H3,(H,17,22)/t6-,7-,8-,11-,12?,13?/m1/s1. The van der Waals surface area contributed by atoms with Gasteiger partial charge in [0.25, 0.3) is 11.6 Å². The molecule has 0 aromatic heterocycles. The van der Waals surface area contributed by atoms with Crippen molar-refractivity contribution >= 4 is 18.1 Å². The Hall–Kier alpha value is -1.63. The van der Waals surface area contributed by atoms with Gasteiger partial charge in [-0.3, -0.25) is 15.4 Å². The van der Waals surface area contributed by atoms with Gasteiger partial charge in [0.05, 0.1) is 12.9 Å². The number of fused-ring (bicyclic) bond motifs is 1. The number of methoxy groups -OCH3 is 1. The molecule has 0 saturated carbocycles. The Labute approximate surface area is 137 Å². The van der Waals surface area contributed by atoms with E-state index in [0.717, 1.165) is 0 Å². The molecule has 3 aliphatic heterocycles. The fourth-order valence-electron chi connectivity index (χ4n) is 3.14. The maximum Gasteiger partial charge on any atom is 0.300 e. The van der Waals surface area contributed by atoms with Gasteiger partial charge >= 0.3 is 0 Å². The fraction of sp³-hybridized carbons (Fsp3) is 0.769. The van der Waals surface area contributed by atoms with Crippen molar-refractivity contribution in [3.8, 4) is 0 Å². The molecule has 0 bridgehead atoms. The van der Waals surface area contributed by atoms with E-state index >= 15 is 0 Å². The summed E-state index contributed by atoms with van der Waals surface area (Å²) in [5.41, 5.74) is 2.63. The molecule has 1 amide bonds. The predicted octanol–water partition coefficient (Wildman–Crippen LogP) is -3.34. The van der Waals surface area contributed by atoms with Crippen LogP contribution in [0, 0.1) is 0 Å². The first-order valence-corrected chi connectivity index (χ1v) is 7.38. The van der Waals surface area contributed by atoms with E-state index in [1.165, 1.54) is 32.2 Å². The first kappa shape index (κ1) is 17.2. The van der Waals surface area contributed by atoms with Crippen molar-refractivity contribution in [2.45, 2.75) is 49.4 Å². The van der Waals surface area contributed by atoms with Gasteiger partial charge in [0.1, 0.15) is 18.3 Å². The number of aliphatic hydroxyl groups excluding tert-OH is 3. The second-order valence-corrected chi connectivity index (χ2v) is 6.33. The van der Waals surface area contributed by atoms with Crippen LogP contribution in [0.2, 0.25) is 0 Å². The number of nitrogens with two attached hydrogens (primary N) is 1. The molecule has 0 spiro atoms. The number of ether oxygens (including phenoxy) is 2. The number of nitrogens with zero attached hydrogens (tertiary/aromatic N) is 3. The molecule has 1 fully saturated rings. The number of aliphatic hydroxyl groups is 3. The van der Waals surface area contributed by atoms with Gasteiger partial charge in [0, 0.05) is 7.11 Å². The van der Waals surface area contributed by atoms with E-state index < -0.39 is 48.1 Å². The summed E-state index contributed by atoms with van der Waals surface area (Å²) in [6.45, 7) is 2.47. The van der Waals surface area contributed by atoms with Crippen LogP contribution in [0.25, 0.3) is 0 Å². The SMILES string of the molecule is COC12N=CN([C@]3(C)O[C@H](CO)[C@@H](O)[C@H]3O)C1=NC(C)(N)NC2=O. The largest absolute Gasteiger partial charge is 0.394 e. The van der Waals surface area contributed by atoms with E-state index in [1.54, 1.807) is 0 Å². The highest BCUT2D eigenvalue weighted by Crippen LogP contribution is 2.39. The second kappa shape index (κ2) is 5.18. The second-order valence-electron chi connectivity index (χ2n) is 6.33. The number of aliphatic imine (C=N–C) groups is 2. The lowest BCUT2D eigenvalue weighted by Crippen LogP contribution is -2.69. The topological polar surface area (TPSA) is 162 Å². The van der Waals surface area contributed by atoms with E-state index in [1.807, 2.05) is 0 Å². The van der Waals surface area contributed by atoms with Crippen molar-refractivity contribution in [3.63, 3.8) is 0 Å². The Bertz CT molecular complexity index is 624. The average molecular weight is 343 g/mol. The van der Waals surface area contributed by atoms with Gasteiger partial charge in [-0.05, 0) is 13.8 Å². The number of carbonyl (C=O) groups excluding carboxylic acids is 1. The third-order valence-corrected chi connectivity index (χ3v) is 4.50. The van der Waals surface area contributed by atoms with Crippen LogP contribution in [-0.2, 0) is 14.3 Å². The van der Waals surface area contributed by atoms with Crippen LogP contribution in [0.1, 0.15) is 13.8 Å². The molecule has 0 radical (unpaired) electrons. The summed E-state index contributed by atoms with van der Waals surface area (Å²) >= 11 is 0. The minimum Gasteiger partial charge on any atom is -0.394 e. The van der Waals surface area contributed by atoms with Crippen molar-refractivity contribution in [2.24, 2.45) is 15.7 Å². The molecular formula is C13H21N5O6. The summed E-state index contributed by atoms with van der Waals surface area (Å²) in [7, 11) is 1.29. The van der Waals surface area contributed by atoms with E-state index in [-0.39, 0.29) is 5.84 Å². The highest BCUT2D eigenvalue weighted by atomic mass is 16.6. The molecule has 1 saturated heterocycles. The zero-order valence-electron chi connectivity index (χ0n) is 13.5. The zero-order valence-corrected chi connectivity index (χ0v) is 13.5. The number of carbonyl (C=O) groups is 1. The third kappa shape index (κ3) is 2.10. The van der Waals surface area contributed by atoms with Crippen LogP contribution < -0.4 is 11.1 Å². The first-order chi connectivity index (χ1) is 11.1. The van der Waals surface area contributed by atoms with Gasteiger partial charge in [-0.2, -0.15) is 0 Å². The number of hydrogen-bond acceptors (Lipinski definition) is 10. The Morgan fingerprint density at radius 3 is 2.71 bits per heavy atom. The molecule has 3 heterocycles. The highest BCUT2D eigenvalue weighted by Gasteiger charge is 2.63. The maximum absolute atomic E-state index is 12.4. The summed E-state index contributed by atoms with van der Waals surface area (Å²) in [6, 6.07) is 0. The smallest absolute Gasteiger partial charge is 0.300 e. The highest BCUT2D eigenvalue weighted by molar-refractivity contribution is 6.19. The quantitative estimate of drug-likeness (QED) is 0.355. The van der Waals surface area contributed by atoms with Gasteiger partial charge in [-0.25, -0.2) is 9.98 Å². The predicted molar refractivity (Wildman–Crippen MR) is 80.6 cm³/mol. The molecule has 11 nitrogen and oxygen atoms in total. The number of amides is 1. The minimum absolute atomic E-state index is 0.0195. The van der Waals surface area contributed by atoms with E-state index in [2.05, 4.69) is 15.3 Å². The van der Waals surface area contributed by atoms with Crippen LogP contribution in [-0.4, -0.2) is 87.6 Å². The van der Waals surface area contributed by atoms with Crippen molar-refractivity contribution in [1.82, 2.24) is 10.2 Å². The zero-order chi connectivity index (χ0) is 17.9. The summed E-state index contributed by atoms with van der Waals surface area (Å²) in [4.78, 5) is 22.1. The molecule has 0 aromatic carbocycles. The summed E-state index contributed by atoms with van der Waals surface area (Å²) in [5, 5.41) is 32.2. The maximum atomic E-state index is 12.4. The summed E-state index contributed by atoms with van der Waals surface area (Å²) < 4.78 is 10.9. The third-order valence-electron chi connectivity index (χ3n) is 4.50. The Kier molecular flexibility index (Phi) is 3.71. The van der Waals surface area contributed by atoms with Crippen molar-refractivity contribution < 1.29 is 29.6 Å². The van der Waals surface area contributed by atoms with Crippen LogP contribution in [0.5, 0.6) is 0 Å². The first-order valence-electron chi connectivity index (χ1n) is 7.38. The molecule has 134 valence electrons. The number of nitrogens with one attached hydrogen (secondary N) is 1. The van der Waals surface area contributed by atoms with E-state index in [9.17, 15) is 20.1 Å².